The number of anilines is 2. The van der Waals surface area contributed by atoms with E-state index in [4.69, 9.17) is 9.97 Å². The summed E-state index contributed by atoms with van der Waals surface area (Å²) >= 11 is 0. The first-order chi connectivity index (χ1) is 44.6. The number of aromatic nitrogens is 7. The van der Waals surface area contributed by atoms with E-state index in [2.05, 4.69) is 325 Å². The van der Waals surface area contributed by atoms with E-state index in [1.54, 1.807) is 0 Å². The Kier molecular flexibility index (Phi) is 11.5. The standard InChI is InChI=1S/C81H51N9/c82-50-64-79(87-69-33-17-13-29-60(69)61-30-14-18-34-70(61)87)68(84-66-42-38-57(53-23-7-2-8-24-53)46-75(66)86-51-83-65-41-37-56(45-74(65)86)52-21-5-1-6-22-52)49-78(80(64)88-71-35-19-15-31-62(71)63-32-16-20-36-72(63)88)89-73-44-40-59(55-27-11-4-12-28-55)48-77(73)90-76-47-58(54-25-9-3-10-26-54)39-43-67(76)85-81(89)90/h1-49,51,84H. The van der Waals surface area contributed by atoms with Gasteiger partial charge in [0.2, 0.25) is 5.78 Å². The maximum atomic E-state index is 12.8. The number of hydrogen-bond donors (Lipinski definition) is 1. The minimum atomic E-state index is 0.458. The Hall–Kier alpha value is -12.5. The lowest BCUT2D eigenvalue weighted by molar-refractivity contribution is 1.04. The molecule has 90 heavy (non-hydrogen) atoms. The number of nitrogens with zero attached hydrogens (tertiary/aromatic N) is 8. The summed E-state index contributed by atoms with van der Waals surface area (Å²) in [6.07, 6.45) is 1.93. The minimum absolute atomic E-state index is 0.458. The molecule has 5 aromatic heterocycles. The van der Waals surface area contributed by atoms with E-state index in [9.17, 15) is 5.26 Å². The Morgan fingerprint density at radius 2 is 0.744 bits per heavy atom. The largest absolute Gasteiger partial charge is 0.352 e. The van der Waals surface area contributed by atoms with Crippen LogP contribution in [-0.4, -0.2) is 32.6 Å². The molecule has 0 atom stereocenters. The molecule has 18 aromatic rings. The van der Waals surface area contributed by atoms with Gasteiger partial charge in [-0.15, -0.1) is 0 Å². The van der Waals surface area contributed by atoms with Gasteiger partial charge in [-0.3, -0.25) is 13.5 Å². The second-order valence-corrected chi connectivity index (χ2v) is 23.0. The molecular formula is C81H51N9. The molecule has 0 saturated carbocycles. The molecule has 0 aliphatic rings. The molecule has 0 saturated heterocycles. The zero-order valence-electron chi connectivity index (χ0n) is 48.4. The molecule has 0 spiro atoms. The summed E-state index contributed by atoms with van der Waals surface area (Å²) in [4.78, 5) is 10.7. The van der Waals surface area contributed by atoms with Crippen molar-refractivity contribution in [3.05, 3.63) is 309 Å². The van der Waals surface area contributed by atoms with Crippen LogP contribution in [0.25, 0.3) is 150 Å². The third kappa shape index (κ3) is 7.88. The highest BCUT2D eigenvalue weighted by atomic mass is 15.2. The molecule has 0 radical (unpaired) electrons. The summed E-state index contributed by atoms with van der Waals surface area (Å²) in [6, 6.07) is 108. The lowest BCUT2D eigenvalue weighted by atomic mass is 10.0. The summed E-state index contributed by atoms with van der Waals surface area (Å²) in [6.45, 7) is 0. The number of hydrogen-bond acceptors (Lipinski definition) is 4. The van der Waals surface area contributed by atoms with Gasteiger partial charge in [-0.1, -0.05) is 218 Å². The van der Waals surface area contributed by atoms with Crippen LogP contribution in [-0.2, 0) is 0 Å². The van der Waals surface area contributed by atoms with Crippen LogP contribution in [0.5, 0.6) is 0 Å². The van der Waals surface area contributed by atoms with E-state index >= 15 is 0 Å². The lowest BCUT2D eigenvalue weighted by Gasteiger charge is -2.25. The van der Waals surface area contributed by atoms with Crippen LogP contribution in [0.3, 0.4) is 0 Å². The topological polar surface area (TPSA) is 85.7 Å². The Morgan fingerprint density at radius 1 is 0.311 bits per heavy atom. The van der Waals surface area contributed by atoms with Crippen LogP contribution >= 0.6 is 0 Å². The molecule has 0 aliphatic heterocycles. The van der Waals surface area contributed by atoms with Gasteiger partial charge in [0.15, 0.2) is 0 Å². The summed E-state index contributed by atoms with van der Waals surface area (Å²) in [5.74, 6) is 0.698. The quantitative estimate of drug-likeness (QED) is 0.148. The fourth-order valence-corrected chi connectivity index (χ4v) is 13.9. The third-order valence-electron chi connectivity index (χ3n) is 18.0. The van der Waals surface area contributed by atoms with E-state index in [0.717, 1.165) is 138 Å². The molecular weight excluding hydrogens is 1100 g/mol. The first-order valence-electron chi connectivity index (χ1n) is 30.3. The van der Waals surface area contributed by atoms with Crippen LogP contribution in [0.4, 0.5) is 11.4 Å². The van der Waals surface area contributed by atoms with E-state index in [-0.39, 0.29) is 0 Å². The Labute approximate surface area is 516 Å². The number of nitrogens with one attached hydrogen (secondary N) is 1. The van der Waals surface area contributed by atoms with Gasteiger partial charge in [0, 0.05) is 21.5 Å². The SMILES string of the molecule is N#Cc1c(-n2c3ccccc3c3ccccc32)c(Nc2ccc(-c3ccccc3)cc2-n2cnc3ccc(-c4ccccc4)cc32)cc(-n2c3ccc(-c4ccccc4)cc3n3c4cc(-c5ccccc5)ccc4nc23)c1-n1c2ccccc2c2ccccc21. The summed E-state index contributed by atoms with van der Waals surface area (Å²) < 4.78 is 11.4. The Bertz CT molecular complexity index is 5830. The van der Waals surface area contributed by atoms with Gasteiger partial charge < -0.3 is 14.5 Å². The van der Waals surface area contributed by atoms with Crippen molar-refractivity contribution in [2.75, 3.05) is 5.32 Å². The Balaban J connectivity index is 1.00. The van der Waals surface area contributed by atoms with Gasteiger partial charge in [-0.05, 0) is 123 Å². The van der Waals surface area contributed by atoms with E-state index in [0.29, 0.717) is 28.4 Å². The van der Waals surface area contributed by atoms with Gasteiger partial charge in [-0.2, -0.15) is 5.26 Å². The van der Waals surface area contributed by atoms with Crippen molar-refractivity contribution in [2.45, 2.75) is 0 Å². The number of para-hydroxylation sites is 4. The van der Waals surface area contributed by atoms with Crippen LogP contribution in [0, 0.1) is 11.3 Å². The van der Waals surface area contributed by atoms with Crippen molar-refractivity contribution in [1.82, 2.24) is 32.6 Å². The predicted molar refractivity (Wildman–Crippen MR) is 369 cm³/mol. The van der Waals surface area contributed by atoms with E-state index in [1.165, 1.54) is 0 Å². The van der Waals surface area contributed by atoms with Crippen molar-refractivity contribution in [1.29, 1.82) is 5.26 Å². The molecule has 5 heterocycles. The fraction of sp³-hybridized carbons (Fsp3) is 0. The van der Waals surface area contributed by atoms with Crippen molar-refractivity contribution in [3.8, 4) is 73.3 Å². The zero-order chi connectivity index (χ0) is 59.4. The van der Waals surface area contributed by atoms with Gasteiger partial charge in [0.1, 0.15) is 18.0 Å². The van der Waals surface area contributed by atoms with Gasteiger partial charge in [-0.25, -0.2) is 9.97 Å². The highest BCUT2D eigenvalue weighted by Crippen LogP contribution is 2.47. The minimum Gasteiger partial charge on any atom is -0.352 e. The number of benzene rings is 13. The smallest absolute Gasteiger partial charge is 0.220 e. The molecule has 420 valence electrons. The molecule has 18 rings (SSSR count). The molecule has 0 unspecified atom stereocenters. The average molecular weight is 1150 g/mol. The maximum absolute atomic E-state index is 12.8. The molecule has 0 bridgehead atoms. The molecule has 9 heteroatoms. The van der Waals surface area contributed by atoms with Crippen molar-refractivity contribution >= 4 is 93.9 Å². The number of fused-ring (bicyclic) bond motifs is 12. The summed E-state index contributed by atoms with van der Waals surface area (Å²) in [7, 11) is 0. The van der Waals surface area contributed by atoms with Crippen molar-refractivity contribution in [2.24, 2.45) is 0 Å². The highest BCUT2D eigenvalue weighted by molar-refractivity contribution is 6.13. The predicted octanol–water partition coefficient (Wildman–Crippen LogP) is 20.2. The summed E-state index contributed by atoms with van der Waals surface area (Å²) in [5, 5.41) is 21.3. The Morgan fingerprint density at radius 3 is 1.27 bits per heavy atom. The maximum Gasteiger partial charge on any atom is 0.220 e. The van der Waals surface area contributed by atoms with Crippen molar-refractivity contribution in [3.63, 3.8) is 0 Å². The van der Waals surface area contributed by atoms with Gasteiger partial charge in [0.25, 0.3) is 0 Å². The van der Waals surface area contributed by atoms with E-state index in [1.807, 2.05) is 12.4 Å². The third-order valence-corrected chi connectivity index (χ3v) is 18.0. The van der Waals surface area contributed by atoms with Crippen molar-refractivity contribution < 1.29 is 0 Å². The van der Waals surface area contributed by atoms with E-state index < -0.39 is 0 Å². The monoisotopic (exact) mass is 1150 g/mol. The molecule has 13 aromatic carbocycles. The van der Waals surface area contributed by atoms with Crippen LogP contribution < -0.4 is 5.32 Å². The van der Waals surface area contributed by atoms with Crippen LogP contribution in [0.1, 0.15) is 5.56 Å². The second-order valence-electron chi connectivity index (χ2n) is 23.0. The van der Waals surface area contributed by atoms with Gasteiger partial charge >= 0.3 is 0 Å². The number of rotatable bonds is 10. The molecule has 0 fully saturated rings. The second kappa shape index (κ2) is 20.3. The fourth-order valence-electron chi connectivity index (χ4n) is 13.9. The molecule has 1 N–H and O–H groups in total. The first-order valence-corrected chi connectivity index (χ1v) is 30.3. The number of nitriles is 1. The number of imidazole rings is 3. The van der Waals surface area contributed by atoms with Crippen LogP contribution in [0.2, 0.25) is 0 Å². The average Bonchev–Trinajstić information content (AvgIpc) is 1.52. The van der Waals surface area contributed by atoms with Crippen LogP contribution in [0.15, 0.2) is 304 Å². The normalized spacial score (nSPS) is 11.8. The molecule has 0 amide bonds. The molecule has 0 aliphatic carbocycles. The highest BCUT2D eigenvalue weighted by Gasteiger charge is 2.31. The lowest BCUT2D eigenvalue weighted by Crippen LogP contribution is -2.13. The van der Waals surface area contributed by atoms with Gasteiger partial charge in [0.05, 0.1) is 89.3 Å². The first kappa shape index (κ1) is 50.8. The zero-order valence-corrected chi connectivity index (χ0v) is 48.4. The molecule has 9 nitrogen and oxygen atoms in total. The summed E-state index contributed by atoms with van der Waals surface area (Å²) in [5.41, 5.74) is 23.0.